The van der Waals surface area contributed by atoms with Gasteiger partial charge in [-0.2, -0.15) is 4.98 Å². The lowest BCUT2D eigenvalue weighted by Crippen LogP contribution is -2.43. The number of fused-ring (bicyclic) bond motifs is 1. The lowest BCUT2D eigenvalue weighted by molar-refractivity contribution is -0.0229. The van der Waals surface area contributed by atoms with Crippen molar-refractivity contribution in [2.24, 2.45) is 0 Å². The Bertz CT molecular complexity index is 968. The van der Waals surface area contributed by atoms with Gasteiger partial charge in [0.15, 0.2) is 0 Å². The second kappa shape index (κ2) is 6.49. The van der Waals surface area contributed by atoms with Crippen molar-refractivity contribution in [2.45, 2.75) is 6.10 Å². The van der Waals surface area contributed by atoms with Gasteiger partial charge in [-0.3, -0.25) is 4.79 Å². The number of hydrogen-bond donors (Lipinski definition) is 1. The van der Waals surface area contributed by atoms with E-state index in [1.807, 2.05) is 42.5 Å². The van der Waals surface area contributed by atoms with Gasteiger partial charge in [0.25, 0.3) is 5.91 Å². The predicted molar refractivity (Wildman–Crippen MR) is 93.4 cm³/mol. The number of aromatic amines is 1. The number of ether oxygens (including phenoxy) is 1. The standard InChI is InChI=1S/C19H17N3O3/c23-18(17-14-8-4-5-9-15(14)20-19(24)21-17)22-10-11-25-16(12-22)13-6-2-1-3-7-13/h1-9,16H,10-12H2,(H,20,21,24). The zero-order valence-electron chi connectivity index (χ0n) is 13.5. The van der Waals surface area contributed by atoms with Crippen molar-refractivity contribution >= 4 is 16.8 Å². The largest absolute Gasteiger partial charge is 0.370 e. The molecule has 0 radical (unpaired) electrons. The Morgan fingerprint density at radius 2 is 1.88 bits per heavy atom. The monoisotopic (exact) mass is 335 g/mol. The SMILES string of the molecule is O=C(c1nc(=O)[nH]c2ccccc12)N1CCOC(c2ccccc2)C1. The van der Waals surface area contributed by atoms with Crippen molar-refractivity contribution in [1.82, 2.24) is 14.9 Å². The second-order valence-corrected chi connectivity index (χ2v) is 5.96. The number of hydrogen-bond acceptors (Lipinski definition) is 4. The third-order valence-electron chi connectivity index (χ3n) is 4.36. The number of para-hydroxylation sites is 1. The van der Waals surface area contributed by atoms with Crippen LogP contribution in [-0.2, 0) is 4.74 Å². The average Bonchev–Trinajstić information content (AvgIpc) is 2.67. The zero-order chi connectivity index (χ0) is 17.2. The molecule has 1 amide bonds. The highest BCUT2D eigenvalue weighted by molar-refractivity contribution is 6.04. The lowest BCUT2D eigenvalue weighted by Gasteiger charge is -2.33. The number of H-pyrrole nitrogens is 1. The summed E-state index contributed by atoms with van der Waals surface area (Å²) < 4.78 is 5.81. The van der Waals surface area contributed by atoms with Crippen molar-refractivity contribution in [3.8, 4) is 0 Å². The minimum atomic E-state index is -0.519. The molecule has 2 heterocycles. The van der Waals surface area contributed by atoms with Gasteiger partial charge in [-0.05, 0) is 11.6 Å². The molecule has 6 nitrogen and oxygen atoms in total. The number of benzene rings is 2. The third kappa shape index (κ3) is 3.04. The van der Waals surface area contributed by atoms with Crippen molar-refractivity contribution < 1.29 is 9.53 Å². The van der Waals surface area contributed by atoms with Crippen LogP contribution in [0.5, 0.6) is 0 Å². The van der Waals surface area contributed by atoms with E-state index in [0.717, 1.165) is 5.56 Å². The fourth-order valence-corrected chi connectivity index (χ4v) is 3.12. The molecule has 1 N–H and O–H groups in total. The molecule has 25 heavy (non-hydrogen) atoms. The first-order valence-electron chi connectivity index (χ1n) is 8.17. The normalized spacial score (nSPS) is 17.6. The Morgan fingerprint density at radius 1 is 1.12 bits per heavy atom. The van der Waals surface area contributed by atoms with Gasteiger partial charge in [0.2, 0.25) is 0 Å². The molecule has 3 aromatic rings. The molecule has 4 rings (SSSR count). The second-order valence-electron chi connectivity index (χ2n) is 5.96. The van der Waals surface area contributed by atoms with Gasteiger partial charge < -0.3 is 14.6 Å². The molecular formula is C19H17N3O3. The maximum absolute atomic E-state index is 13.0. The molecule has 1 unspecified atom stereocenters. The molecule has 1 aliphatic rings. The van der Waals surface area contributed by atoms with E-state index in [2.05, 4.69) is 9.97 Å². The summed E-state index contributed by atoms with van der Waals surface area (Å²) in [7, 11) is 0. The maximum atomic E-state index is 13.0. The van der Waals surface area contributed by atoms with Crippen LogP contribution in [-0.4, -0.2) is 40.5 Å². The van der Waals surface area contributed by atoms with Crippen LogP contribution in [0.25, 0.3) is 10.9 Å². The minimum Gasteiger partial charge on any atom is -0.370 e. The van der Waals surface area contributed by atoms with E-state index in [9.17, 15) is 9.59 Å². The topological polar surface area (TPSA) is 75.3 Å². The average molecular weight is 335 g/mol. The summed E-state index contributed by atoms with van der Waals surface area (Å²) in [6.45, 7) is 1.36. The van der Waals surface area contributed by atoms with Crippen LogP contribution in [0.1, 0.15) is 22.2 Å². The first kappa shape index (κ1) is 15.5. The highest BCUT2D eigenvalue weighted by Gasteiger charge is 2.28. The number of aromatic nitrogens is 2. The maximum Gasteiger partial charge on any atom is 0.346 e. The summed E-state index contributed by atoms with van der Waals surface area (Å²) >= 11 is 0. The molecule has 6 heteroatoms. The molecule has 1 aromatic heterocycles. The number of rotatable bonds is 2. The van der Waals surface area contributed by atoms with Gasteiger partial charge in [0.05, 0.1) is 18.7 Å². The lowest BCUT2D eigenvalue weighted by atomic mass is 10.1. The summed E-state index contributed by atoms with van der Waals surface area (Å²) in [6, 6.07) is 17.0. The molecule has 126 valence electrons. The first-order chi connectivity index (χ1) is 12.2. The van der Waals surface area contributed by atoms with Crippen LogP contribution in [0, 0.1) is 0 Å². The van der Waals surface area contributed by atoms with Crippen molar-refractivity contribution in [1.29, 1.82) is 0 Å². The van der Waals surface area contributed by atoms with Crippen LogP contribution in [0.2, 0.25) is 0 Å². The molecular weight excluding hydrogens is 318 g/mol. The number of nitrogens with zero attached hydrogens (tertiary/aromatic N) is 2. The van der Waals surface area contributed by atoms with Crippen molar-refractivity contribution in [3.05, 3.63) is 76.3 Å². The summed E-state index contributed by atoms with van der Waals surface area (Å²) in [6.07, 6.45) is -0.174. The van der Waals surface area contributed by atoms with E-state index in [4.69, 9.17) is 4.74 Å². The Kier molecular flexibility index (Phi) is 4.03. The Labute approximate surface area is 144 Å². The summed E-state index contributed by atoms with van der Waals surface area (Å²) in [5, 5.41) is 0.648. The Balaban J connectivity index is 1.66. The van der Waals surface area contributed by atoms with Gasteiger partial charge in [-0.25, -0.2) is 4.79 Å². The number of carbonyl (C=O) groups excluding carboxylic acids is 1. The predicted octanol–water partition coefficient (Wildman–Crippen LogP) is 2.14. The fourth-order valence-electron chi connectivity index (χ4n) is 3.12. The van der Waals surface area contributed by atoms with Crippen LogP contribution in [0.15, 0.2) is 59.4 Å². The van der Waals surface area contributed by atoms with Gasteiger partial charge in [0, 0.05) is 11.9 Å². The number of amides is 1. The molecule has 2 aromatic carbocycles. The van der Waals surface area contributed by atoms with Gasteiger partial charge in [-0.1, -0.05) is 48.5 Å². The van der Waals surface area contributed by atoms with Gasteiger partial charge in [-0.15, -0.1) is 0 Å². The van der Waals surface area contributed by atoms with Crippen molar-refractivity contribution in [3.63, 3.8) is 0 Å². The zero-order valence-corrected chi connectivity index (χ0v) is 13.5. The highest BCUT2D eigenvalue weighted by Crippen LogP contribution is 2.24. The van der Waals surface area contributed by atoms with Crippen LogP contribution >= 0.6 is 0 Å². The van der Waals surface area contributed by atoms with E-state index in [-0.39, 0.29) is 17.7 Å². The van der Waals surface area contributed by atoms with E-state index >= 15 is 0 Å². The molecule has 1 saturated heterocycles. The van der Waals surface area contributed by atoms with Crippen LogP contribution < -0.4 is 5.69 Å². The van der Waals surface area contributed by atoms with E-state index in [1.54, 1.807) is 17.0 Å². The van der Waals surface area contributed by atoms with Gasteiger partial charge >= 0.3 is 5.69 Å². The fraction of sp³-hybridized carbons (Fsp3) is 0.211. The number of carbonyl (C=O) groups is 1. The van der Waals surface area contributed by atoms with Crippen LogP contribution in [0.4, 0.5) is 0 Å². The van der Waals surface area contributed by atoms with E-state index in [1.165, 1.54) is 0 Å². The summed E-state index contributed by atoms with van der Waals surface area (Å²) in [5.41, 5.74) is 1.31. The third-order valence-corrected chi connectivity index (χ3v) is 4.36. The summed E-state index contributed by atoms with van der Waals surface area (Å²) in [5.74, 6) is -0.244. The quantitative estimate of drug-likeness (QED) is 0.778. The molecule has 0 aliphatic carbocycles. The number of morpholine rings is 1. The summed E-state index contributed by atoms with van der Waals surface area (Å²) in [4.78, 5) is 33.1. The van der Waals surface area contributed by atoms with E-state index < -0.39 is 5.69 Å². The molecule has 1 atom stereocenters. The molecule has 0 saturated carbocycles. The van der Waals surface area contributed by atoms with E-state index in [0.29, 0.717) is 30.6 Å². The first-order valence-corrected chi connectivity index (χ1v) is 8.17. The minimum absolute atomic E-state index is 0.174. The highest BCUT2D eigenvalue weighted by atomic mass is 16.5. The molecule has 0 spiro atoms. The molecule has 1 aliphatic heterocycles. The smallest absolute Gasteiger partial charge is 0.346 e. The molecule has 0 bridgehead atoms. The molecule has 1 fully saturated rings. The van der Waals surface area contributed by atoms with Gasteiger partial charge in [0.1, 0.15) is 11.8 Å². The Morgan fingerprint density at radius 3 is 2.72 bits per heavy atom. The van der Waals surface area contributed by atoms with Crippen LogP contribution in [0.3, 0.4) is 0 Å². The number of nitrogens with one attached hydrogen (secondary N) is 1. The van der Waals surface area contributed by atoms with Crippen molar-refractivity contribution in [2.75, 3.05) is 19.7 Å². The Hall–Kier alpha value is -2.99.